The predicted molar refractivity (Wildman–Crippen MR) is 48.2 cm³/mol. The molecule has 0 radical (unpaired) electrons. The van der Waals surface area contributed by atoms with Gasteiger partial charge < -0.3 is 0 Å². The lowest BCUT2D eigenvalue weighted by Gasteiger charge is -2.05. The molecule has 0 saturated heterocycles. The minimum Gasteiger partial charge on any atom is -0.262 e. The van der Waals surface area contributed by atoms with Crippen LogP contribution in [0.2, 0.25) is 0 Å². The van der Waals surface area contributed by atoms with Crippen LogP contribution in [0, 0.1) is 15.9 Å². The summed E-state index contributed by atoms with van der Waals surface area (Å²) in [5, 5.41) is 8.68. The van der Waals surface area contributed by atoms with Gasteiger partial charge in [0.05, 0.1) is 5.56 Å². The van der Waals surface area contributed by atoms with Gasteiger partial charge in [-0.2, -0.15) is 0 Å². The van der Waals surface area contributed by atoms with Crippen molar-refractivity contribution in [3.05, 3.63) is 45.3 Å². The van der Waals surface area contributed by atoms with E-state index < -0.39 is 16.9 Å². The van der Waals surface area contributed by atoms with Crippen LogP contribution in [-0.4, -0.2) is 11.1 Å². The number of benzene rings is 1. The van der Waals surface area contributed by atoms with Gasteiger partial charge in [-0.15, -0.1) is 10.1 Å². The number of carbonyl (C=O) groups is 1. The van der Waals surface area contributed by atoms with Crippen molar-refractivity contribution in [1.29, 1.82) is 0 Å². The van der Waals surface area contributed by atoms with E-state index in [-0.39, 0.29) is 5.56 Å². The summed E-state index contributed by atoms with van der Waals surface area (Å²) in [5.74, 6) is -2.10. The zero-order chi connectivity index (χ0) is 11.4. The largest absolute Gasteiger partial charge is 0.337 e. The first-order valence-corrected chi connectivity index (χ1v) is 4.20. The number of aryl methyl sites for hydroxylation is 1. The molecule has 15 heavy (non-hydrogen) atoms. The molecule has 1 rings (SSSR count). The normalized spacial score (nSPS) is 9.73. The molecule has 0 aliphatic carbocycles. The van der Waals surface area contributed by atoms with E-state index in [4.69, 9.17) is 0 Å². The van der Waals surface area contributed by atoms with Crippen LogP contribution in [-0.2, 0) is 11.3 Å². The van der Waals surface area contributed by atoms with Crippen molar-refractivity contribution >= 4 is 5.97 Å². The molecule has 0 amide bonds. The fourth-order valence-corrected chi connectivity index (χ4v) is 1.21. The Hall–Kier alpha value is -1.98. The maximum atomic E-state index is 13.2. The average molecular weight is 213 g/mol. The van der Waals surface area contributed by atoms with E-state index in [2.05, 4.69) is 4.84 Å². The van der Waals surface area contributed by atoms with E-state index in [0.717, 1.165) is 6.07 Å². The van der Waals surface area contributed by atoms with Crippen LogP contribution in [0.1, 0.15) is 22.8 Å². The third-order valence-electron chi connectivity index (χ3n) is 1.84. The smallest absolute Gasteiger partial charge is 0.262 e. The standard InChI is InChI=1S/C9H8FNO4/c1-2-6-4-3-5-7(10)8(6)9(12)15-11(13)14/h3-5H,2H2,1H3. The molecule has 0 N–H and O–H groups in total. The molecular weight excluding hydrogens is 205 g/mol. The summed E-state index contributed by atoms with van der Waals surface area (Å²) in [5.41, 5.74) is -0.00134. The van der Waals surface area contributed by atoms with Gasteiger partial charge in [-0.25, -0.2) is 9.23 Å². The number of hydrogen-bond acceptors (Lipinski definition) is 4. The molecule has 5 nitrogen and oxygen atoms in total. The van der Waals surface area contributed by atoms with E-state index in [1.165, 1.54) is 12.1 Å². The fourth-order valence-electron chi connectivity index (χ4n) is 1.21. The van der Waals surface area contributed by atoms with Gasteiger partial charge in [0.15, 0.2) is 0 Å². The second-order valence-corrected chi connectivity index (χ2v) is 2.73. The highest BCUT2D eigenvalue weighted by Crippen LogP contribution is 2.15. The topological polar surface area (TPSA) is 69.4 Å². The van der Waals surface area contributed by atoms with E-state index in [1.807, 2.05) is 0 Å². The Morgan fingerprint density at radius 3 is 2.80 bits per heavy atom. The van der Waals surface area contributed by atoms with Crippen molar-refractivity contribution in [2.75, 3.05) is 0 Å². The summed E-state index contributed by atoms with van der Waals surface area (Å²) in [4.78, 5) is 24.8. The molecule has 80 valence electrons. The molecule has 0 aliphatic rings. The summed E-state index contributed by atoms with van der Waals surface area (Å²) in [6.07, 6.45) is 0.389. The minimum absolute atomic E-state index is 0.377. The number of carbonyl (C=O) groups excluding carboxylic acids is 1. The highest BCUT2D eigenvalue weighted by molar-refractivity contribution is 5.90. The first-order chi connectivity index (χ1) is 7.06. The number of hydrogen-bond donors (Lipinski definition) is 0. The van der Waals surface area contributed by atoms with Gasteiger partial charge in [-0.05, 0) is 18.1 Å². The summed E-state index contributed by atoms with van der Waals surface area (Å²) >= 11 is 0. The van der Waals surface area contributed by atoms with Crippen LogP contribution in [0.25, 0.3) is 0 Å². The van der Waals surface area contributed by atoms with Gasteiger partial charge in [-0.1, -0.05) is 19.1 Å². The van der Waals surface area contributed by atoms with Crippen LogP contribution < -0.4 is 0 Å². The van der Waals surface area contributed by atoms with E-state index in [9.17, 15) is 19.3 Å². The maximum absolute atomic E-state index is 13.2. The van der Waals surface area contributed by atoms with Gasteiger partial charge in [-0.3, -0.25) is 4.79 Å². The van der Waals surface area contributed by atoms with Crippen LogP contribution >= 0.6 is 0 Å². The third-order valence-corrected chi connectivity index (χ3v) is 1.84. The van der Waals surface area contributed by atoms with Crippen molar-refractivity contribution in [1.82, 2.24) is 0 Å². The van der Waals surface area contributed by atoms with Crippen molar-refractivity contribution in [3.63, 3.8) is 0 Å². The highest BCUT2D eigenvalue weighted by atomic mass is 19.1. The molecular formula is C9H8FNO4. The lowest BCUT2D eigenvalue weighted by atomic mass is 10.1. The van der Waals surface area contributed by atoms with E-state index >= 15 is 0 Å². The molecule has 0 aliphatic heterocycles. The molecule has 0 heterocycles. The average Bonchev–Trinajstić information content (AvgIpc) is 2.15. The molecule has 1 aromatic rings. The molecule has 0 unspecified atom stereocenters. The van der Waals surface area contributed by atoms with Crippen molar-refractivity contribution in [3.8, 4) is 0 Å². The van der Waals surface area contributed by atoms with Gasteiger partial charge >= 0.3 is 11.1 Å². The summed E-state index contributed by atoms with van der Waals surface area (Å²) in [6.45, 7) is 1.71. The first kappa shape index (κ1) is 11.1. The molecule has 0 atom stereocenters. The number of halogens is 1. The lowest BCUT2D eigenvalue weighted by molar-refractivity contribution is -0.727. The Bertz CT molecular complexity index is 405. The molecule has 0 spiro atoms. The zero-order valence-electron chi connectivity index (χ0n) is 7.90. The zero-order valence-corrected chi connectivity index (χ0v) is 7.90. The Morgan fingerprint density at radius 2 is 2.27 bits per heavy atom. The highest BCUT2D eigenvalue weighted by Gasteiger charge is 2.18. The Morgan fingerprint density at radius 1 is 1.60 bits per heavy atom. The molecule has 6 heteroatoms. The Kier molecular flexibility index (Phi) is 3.33. The van der Waals surface area contributed by atoms with Gasteiger partial charge in [0.2, 0.25) is 0 Å². The van der Waals surface area contributed by atoms with Crippen LogP contribution in [0.4, 0.5) is 4.39 Å². The molecule has 1 aromatic carbocycles. The first-order valence-electron chi connectivity index (χ1n) is 4.20. The molecule has 0 bridgehead atoms. The monoisotopic (exact) mass is 213 g/mol. The summed E-state index contributed by atoms with van der Waals surface area (Å²) in [6, 6.07) is 3.99. The van der Waals surface area contributed by atoms with Crippen molar-refractivity contribution in [2.45, 2.75) is 13.3 Å². The van der Waals surface area contributed by atoms with Crippen molar-refractivity contribution in [2.24, 2.45) is 0 Å². The SMILES string of the molecule is CCc1cccc(F)c1C(=O)O[N+](=O)[O-]. The second kappa shape index (κ2) is 4.50. The summed E-state index contributed by atoms with van der Waals surface area (Å²) in [7, 11) is 0. The second-order valence-electron chi connectivity index (χ2n) is 2.73. The Labute approximate surface area is 84.6 Å². The molecule has 0 saturated carbocycles. The van der Waals surface area contributed by atoms with Crippen LogP contribution in [0.3, 0.4) is 0 Å². The number of rotatable bonds is 3. The Balaban J connectivity index is 3.11. The number of nitrogens with zero attached hydrogens (tertiary/aromatic N) is 1. The molecule has 0 aromatic heterocycles. The van der Waals surface area contributed by atoms with Gasteiger partial charge in [0.1, 0.15) is 5.82 Å². The van der Waals surface area contributed by atoms with Crippen LogP contribution in [0.5, 0.6) is 0 Å². The fraction of sp³-hybridized carbons (Fsp3) is 0.222. The third kappa shape index (κ3) is 2.49. The van der Waals surface area contributed by atoms with Gasteiger partial charge in [0, 0.05) is 0 Å². The van der Waals surface area contributed by atoms with Gasteiger partial charge in [0.25, 0.3) is 0 Å². The lowest BCUT2D eigenvalue weighted by Crippen LogP contribution is -2.14. The minimum atomic E-state index is -1.28. The molecule has 0 fully saturated rings. The van der Waals surface area contributed by atoms with Crippen molar-refractivity contribution < 1.29 is 19.1 Å². The quantitative estimate of drug-likeness (QED) is 0.566. The van der Waals surface area contributed by atoms with Crippen LogP contribution in [0.15, 0.2) is 18.2 Å². The summed E-state index contributed by atoms with van der Waals surface area (Å²) < 4.78 is 13.2. The predicted octanol–water partition coefficient (Wildman–Crippen LogP) is 1.74. The van der Waals surface area contributed by atoms with E-state index in [1.54, 1.807) is 6.92 Å². The van der Waals surface area contributed by atoms with E-state index in [0.29, 0.717) is 12.0 Å². The maximum Gasteiger partial charge on any atom is 0.337 e.